The Balaban J connectivity index is 1.66. The van der Waals surface area contributed by atoms with Gasteiger partial charge in [0.25, 0.3) is 0 Å². The Bertz CT molecular complexity index is 1660. The van der Waals surface area contributed by atoms with Crippen LogP contribution in [0.4, 0.5) is 5.69 Å². The number of hydrogen-bond acceptors (Lipinski definition) is 7. The fourth-order valence-corrected chi connectivity index (χ4v) is 4.71. The molecule has 5 rings (SSSR count). The number of nitrogens with zero attached hydrogens (tertiary/aromatic N) is 4. The molecule has 3 aromatic heterocycles. The van der Waals surface area contributed by atoms with E-state index in [0.717, 1.165) is 12.8 Å². The van der Waals surface area contributed by atoms with Gasteiger partial charge in [-0.1, -0.05) is 19.1 Å². The molecule has 1 saturated carbocycles. The molecule has 1 fully saturated rings. The number of H-pyrrole nitrogens is 2. The number of aromatic nitrogens is 5. The summed E-state index contributed by atoms with van der Waals surface area (Å²) in [6.45, 7) is 1.81. The van der Waals surface area contributed by atoms with Gasteiger partial charge in [-0.3, -0.25) is 14.7 Å². The van der Waals surface area contributed by atoms with Crippen molar-refractivity contribution in [2.45, 2.75) is 32.2 Å². The summed E-state index contributed by atoms with van der Waals surface area (Å²) in [7, 11) is -3.43. The van der Waals surface area contributed by atoms with E-state index in [1.165, 1.54) is 0 Å². The van der Waals surface area contributed by atoms with Crippen LogP contribution in [0.3, 0.4) is 0 Å². The van der Waals surface area contributed by atoms with Gasteiger partial charge >= 0.3 is 5.69 Å². The Morgan fingerprint density at radius 2 is 2.12 bits per heavy atom. The first kappa shape index (κ1) is 21.9. The molecular weight excluding hydrogens is 458 g/mol. The lowest BCUT2D eigenvalue weighted by molar-refractivity contribution is 0.454. The van der Waals surface area contributed by atoms with Crippen LogP contribution >= 0.6 is 0 Å². The zero-order valence-corrected chi connectivity index (χ0v) is 19.1. The molecule has 1 aromatic carbocycles. The fraction of sp³-hybridized carbons (Fsp3) is 0.273. The van der Waals surface area contributed by atoms with E-state index in [4.69, 9.17) is 9.98 Å². The second-order valence-electron chi connectivity index (χ2n) is 8.18. The second-order valence-corrected chi connectivity index (χ2v) is 10.0. The number of aromatic amines is 2. The summed E-state index contributed by atoms with van der Waals surface area (Å²) in [5.74, 6) is -0.245. The lowest BCUT2D eigenvalue weighted by Gasteiger charge is -2.09. The van der Waals surface area contributed by atoms with Crippen LogP contribution in [0, 0.1) is 0 Å². The van der Waals surface area contributed by atoms with E-state index in [2.05, 4.69) is 19.8 Å². The van der Waals surface area contributed by atoms with Gasteiger partial charge in [0, 0.05) is 22.5 Å². The Kier molecular flexibility index (Phi) is 5.44. The van der Waals surface area contributed by atoms with Crippen LogP contribution < -0.4 is 21.1 Å². The molecule has 1 aliphatic rings. The number of hydrogen-bond donors (Lipinski definition) is 4. The van der Waals surface area contributed by atoms with Crippen LogP contribution in [0.1, 0.15) is 31.9 Å². The summed E-state index contributed by atoms with van der Waals surface area (Å²) in [6, 6.07) is 9.06. The van der Waals surface area contributed by atoms with E-state index in [-0.39, 0.29) is 23.4 Å². The zero-order chi connectivity index (χ0) is 23.9. The Hall–Kier alpha value is -3.93. The molecule has 11 nitrogen and oxygen atoms in total. The van der Waals surface area contributed by atoms with E-state index in [9.17, 15) is 18.3 Å². The van der Waals surface area contributed by atoms with E-state index in [1.54, 1.807) is 35.0 Å². The maximum Gasteiger partial charge on any atom is 0.326 e. The largest absolute Gasteiger partial charge is 0.493 e. The SMILES string of the molecule is CCCS(=O)(=O)Nc1cccc(-c2cc(=NC3CC3)n3nc/c(=C/c4[nH]c(=O)[nH]c4O)c3n2)c1. The number of aromatic hydroxyl groups is 1. The van der Waals surface area contributed by atoms with Crippen molar-refractivity contribution in [3.63, 3.8) is 0 Å². The molecule has 0 bridgehead atoms. The van der Waals surface area contributed by atoms with Gasteiger partial charge in [0.15, 0.2) is 11.1 Å². The van der Waals surface area contributed by atoms with Crippen LogP contribution in [-0.4, -0.2) is 49.9 Å². The highest BCUT2D eigenvalue weighted by molar-refractivity contribution is 7.92. The van der Waals surface area contributed by atoms with Crippen LogP contribution in [-0.2, 0) is 10.0 Å². The third-order valence-electron chi connectivity index (χ3n) is 5.28. The third kappa shape index (κ3) is 4.57. The highest BCUT2D eigenvalue weighted by atomic mass is 32.2. The molecular formula is C22H23N7O4S. The first-order valence-electron chi connectivity index (χ1n) is 10.9. The lowest BCUT2D eigenvalue weighted by atomic mass is 10.1. The zero-order valence-electron chi connectivity index (χ0n) is 18.3. The molecule has 0 atom stereocenters. The number of rotatable bonds is 7. The van der Waals surface area contributed by atoms with Crippen molar-refractivity contribution in [1.29, 1.82) is 0 Å². The summed E-state index contributed by atoms with van der Waals surface area (Å²) in [4.78, 5) is 25.8. The van der Waals surface area contributed by atoms with Gasteiger partial charge in [0.05, 0.1) is 23.7 Å². The van der Waals surface area contributed by atoms with Crippen molar-refractivity contribution in [2.24, 2.45) is 4.99 Å². The maximum absolute atomic E-state index is 12.2. The number of imidazole rings is 1. The van der Waals surface area contributed by atoms with Gasteiger partial charge < -0.3 is 10.1 Å². The first-order valence-corrected chi connectivity index (χ1v) is 12.5. The molecule has 1 aliphatic carbocycles. The van der Waals surface area contributed by atoms with E-state index < -0.39 is 15.7 Å². The minimum absolute atomic E-state index is 0.0367. The Morgan fingerprint density at radius 1 is 1.29 bits per heavy atom. The monoisotopic (exact) mass is 481 g/mol. The summed E-state index contributed by atoms with van der Waals surface area (Å²) < 4.78 is 28.6. The second kappa shape index (κ2) is 8.45. The smallest absolute Gasteiger partial charge is 0.326 e. The van der Waals surface area contributed by atoms with E-state index >= 15 is 0 Å². The maximum atomic E-state index is 12.2. The summed E-state index contributed by atoms with van der Waals surface area (Å²) in [6.07, 6.45) is 5.68. The normalized spacial score (nSPS) is 15.3. The molecule has 4 aromatic rings. The van der Waals surface area contributed by atoms with Crippen molar-refractivity contribution in [3.05, 3.63) is 63.4 Å². The molecule has 0 aliphatic heterocycles. The Morgan fingerprint density at radius 3 is 2.82 bits per heavy atom. The molecule has 0 saturated heterocycles. The van der Waals surface area contributed by atoms with Crippen molar-refractivity contribution >= 4 is 27.4 Å². The molecule has 34 heavy (non-hydrogen) atoms. The standard InChI is InChI=1S/C22H23N7O4S/c1-2-8-34(32,33)28-16-5-3-4-13(9-16)17-11-19(24-15-6-7-15)29-20(25-17)14(12-23-29)10-18-21(30)27-22(31)26-18/h3-5,9-12,15,28,30H,2,6-8H2,1H3,(H2,26,27,31)/b14-10-,24-19?. The van der Waals surface area contributed by atoms with E-state index in [1.807, 2.05) is 19.1 Å². The predicted molar refractivity (Wildman–Crippen MR) is 127 cm³/mol. The highest BCUT2D eigenvalue weighted by Gasteiger charge is 2.20. The van der Waals surface area contributed by atoms with Crippen LogP contribution in [0.15, 0.2) is 46.3 Å². The summed E-state index contributed by atoms with van der Waals surface area (Å²) in [5, 5.41) is 14.9. The van der Waals surface area contributed by atoms with Crippen LogP contribution in [0.25, 0.3) is 23.0 Å². The minimum Gasteiger partial charge on any atom is -0.493 e. The number of benzene rings is 1. The number of fused-ring (bicyclic) bond motifs is 1. The molecule has 176 valence electrons. The van der Waals surface area contributed by atoms with Gasteiger partial charge in [-0.15, -0.1) is 0 Å². The van der Waals surface area contributed by atoms with Gasteiger partial charge in [-0.2, -0.15) is 9.61 Å². The average molecular weight is 482 g/mol. The van der Waals surface area contributed by atoms with Gasteiger partial charge in [0.1, 0.15) is 5.69 Å². The fourth-order valence-electron chi connectivity index (χ4n) is 3.59. The highest BCUT2D eigenvalue weighted by Crippen LogP contribution is 2.24. The molecule has 3 heterocycles. The van der Waals surface area contributed by atoms with Gasteiger partial charge in [-0.05, 0) is 37.5 Å². The van der Waals surface area contributed by atoms with Gasteiger partial charge in [0.2, 0.25) is 15.9 Å². The van der Waals surface area contributed by atoms with Crippen molar-refractivity contribution in [2.75, 3.05) is 10.5 Å². The molecule has 12 heteroatoms. The van der Waals surface area contributed by atoms with E-state index in [0.29, 0.717) is 39.7 Å². The molecule has 0 amide bonds. The van der Waals surface area contributed by atoms with Crippen molar-refractivity contribution in [3.8, 4) is 17.1 Å². The first-order chi connectivity index (χ1) is 16.3. The molecule has 4 N–H and O–H groups in total. The van der Waals surface area contributed by atoms with Crippen LogP contribution in [0.5, 0.6) is 5.88 Å². The average Bonchev–Trinajstić information content (AvgIpc) is 3.41. The quantitative estimate of drug-likeness (QED) is 0.307. The van der Waals surface area contributed by atoms with Crippen LogP contribution in [0.2, 0.25) is 0 Å². The topological polar surface area (TPSA) is 158 Å². The molecule has 0 unspecified atom stereocenters. The van der Waals surface area contributed by atoms with Crippen molar-refractivity contribution < 1.29 is 13.5 Å². The Labute approximate surface area is 194 Å². The number of anilines is 1. The summed E-state index contributed by atoms with van der Waals surface area (Å²) >= 11 is 0. The predicted octanol–water partition coefficient (Wildman–Crippen LogP) is 0.881. The minimum atomic E-state index is -3.43. The van der Waals surface area contributed by atoms with Crippen molar-refractivity contribution in [1.82, 2.24) is 24.6 Å². The molecule has 0 radical (unpaired) electrons. The number of sulfonamides is 1. The molecule has 0 spiro atoms. The van der Waals surface area contributed by atoms with Gasteiger partial charge in [-0.25, -0.2) is 18.2 Å². The summed E-state index contributed by atoms with van der Waals surface area (Å²) in [5.41, 5.74) is 2.52. The lowest BCUT2D eigenvalue weighted by Crippen LogP contribution is -2.19. The number of nitrogens with one attached hydrogen (secondary N) is 3. The third-order valence-corrected chi connectivity index (χ3v) is 6.77.